The summed E-state index contributed by atoms with van der Waals surface area (Å²) in [6, 6.07) is 8.46. The fourth-order valence-electron chi connectivity index (χ4n) is 2.41. The van der Waals surface area contributed by atoms with Gasteiger partial charge in [-0.25, -0.2) is 4.98 Å². The number of carbonyl (C=O) groups is 1. The van der Waals surface area contributed by atoms with Crippen molar-refractivity contribution in [2.24, 2.45) is 5.16 Å². The Balaban J connectivity index is 1.57. The molecule has 1 aromatic carbocycles. The van der Waals surface area contributed by atoms with Crippen LogP contribution in [0.1, 0.15) is 28.6 Å². The predicted molar refractivity (Wildman–Crippen MR) is 91.9 cm³/mol. The van der Waals surface area contributed by atoms with Crippen molar-refractivity contribution in [1.82, 2.24) is 9.88 Å². The molecular weight excluding hydrogens is 379 g/mol. The largest absolute Gasteiger partial charge is 0.573 e. The van der Waals surface area contributed by atoms with Crippen LogP contribution in [0.4, 0.5) is 13.2 Å². The topological polar surface area (TPSA) is 73.3 Å². The van der Waals surface area contributed by atoms with Gasteiger partial charge in [-0.3, -0.25) is 4.79 Å². The first kappa shape index (κ1) is 19.5. The van der Waals surface area contributed by atoms with Crippen molar-refractivity contribution in [3.05, 3.63) is 53.9 Å². The zero-order valence-electron chi connectivity index (χ0n) is 14.9. The lowest BCUT2D eigenvalue weighted by atomic mass is 10.1. The average molecular weight is 395 g/mol. The van der Waals surface area contributed by atoms with Crippen LogP contribution in [0.25, 0.3) is 0 Å². The van der Waals surface area contributed by atoms with E-state index in [9.17, 15) is 18.0 Å². The number of pyridine rings is 1. The first-order chi connectivity index (χ1) is 13.2. The molecule has 2 aromatic rings. The van der Waals surface area contributed by atoms with Gasteiger partial charge in [0.1, 0.15) is 17.2 Å². The van der Waals surface area contributed by atoms with Crippen LogP contribution < -0.4 is 9.47 Å². The molecule has 0 fully saturated rings. The molecule has 7 nitrogen and oxygen atoms in total. The number of hydrogen-bond acceptors (Lipinski definition) is 6. The molecule has 3 rings (SSSR count). The van der Waals surface area contributed by atoms with E-state index < -0.39 is 12.5 Å². The number of hydrogen-bond donors (Lipinski definition) is 0. The second kappa shape index (κ2) is 7.75. The molecule has 1 aromatic heterocycles. The Labute approximate surface area is 158 Å². The SMILES string of the molecule is CN(C)C(=O)c1ccc(OC2=NO[C@@H](c3ccc(OC(F)(F)F)cc3)C2)cn1. The lowest BCUT2D eigenvalue weighted by Crippen LogP contribution is -2.22. The van der Waals surface area contributed by atoms with E-state index in [1.807, 2.05) is 0 Å². The summed E-state index contributed by atoms with van der Waals surface area (Å²) in [5.74, 6) is 0.123. The normalized spacial score (nSPS) is 16.2. The molecule has 2 heterocycles. The van der Waals surface area contributed by atoms with Crippen LogP contribution in [-0.4, -0.2) is 42.1 Å². The van der Waals surface area contributed by atoms with Gasteiger partial charge >= 0.3 is 6.36 Å². The molecule has 1 amide bonds. The minimum atomic E-state index is -4.74. The Hall–Kier alpha value is -3.30. The second-order valence-corrected chi connectivity index (χ2v) is 6.08. The number of oxime groups is 1. The lowest BCUT2D eigenvalue weighted by molar-refractivity contribution is -0.274. The number of halogens is 3. The highest BCUT2D eigenvalue weighted by molar-refractivity contribution is 5.92. The summed E-state index contributed by atoms with van der Waals surface area (Å²) in [5.41, 5.74) is 0.905. The fourth-order valence-corrected chi connectivity index (χ4v) is 2.41. The number of aromatic nitrogens is 1. The Morgan fingerprint density at radius 1 is 1.14 bits per heavy atom. The molecule has 0 aliphatic carbocycles. The molecule has 10 heteroatoms. The van der Waals surface area contributed by atoms with Gasteiger partial charge in [0.25, 0.3) is 5.91 Å². The third-order valence-corrected chi connectivity index (χ3v) is 3.72. The van der Waals surface area contributed by atoms with Gasteiger partial charge < -0.3 is 19.2 Å². The highest BCUT2D eigenvalue weighted by Gasteiger charge is 2.31. The van der Waals surface area contributed by atoms with Crippen LogP contribution in [0.2, 0.25) is 0 Å². The van der Waals surface area contributed by atoms with Gasteiger partial charge in [0.05, 0.1) is 12.6 Å². The average Bonchev–Trinajstić information content (AvgIpc) is 3.09. The third-order valence-electron chi connectivity index (χ3n) is 3.72. The van der Waals surface area contributed by atoms with Crippen molar-refractivity contribution < 1.29 is 32.3 Å². The van der Waals surface area contributed by atoms with Gasteiger partial charge in [-0.1, -0.05) is 17.3 Å². The van der Waals surface area contributed by atoms with Crippen molar-refractivity contribution in [3.8, 4) is 11.5 Å². The number of ether oxygens (including phenoxy) is 2. The molecule has 0 unspecified atom stereocenters. The van der Waals surface area contributed by atoms with Crippen molar-refractivity contribution in [3.63, 3.8) is 0 Å². The zero-order chi connectivity index (χ0) is 20.3. The zero-order valence-corrected chi connectivity index (χ0v) is 14.9. The van der Waals surface area contributed by atoms with Gasteiger partial charge in [-0.05, 0) is 29.8 Å². The standard InChI is InChI=1S/C18H16F3N3O4/c1-24(2)17(25)14-8-7-13(10-22-14)26-16-9-15(28-23-16)11-3-5-12(6-4-11)27-18(19,20)21/h3-8,10,15H,9H2,1-2H3/t15-/m1/s1. The van der Waals surface area contributed by atoms with E-state index in [0.29, 0.717) is 11.3 Å². The number of carbonyl (C=O) groups excluding carboxylic acids is 1. The van der Waals surface area contributed by atoms with E-state index in [4.69, 9.17) is 9.57 Å². The van der Waals surface area contributed by atoms with Crippen LogP contribution >= 0.6 is 0 Å². The van der Waals surface area contributed by atoms with E-state index in [2.05, 4.69) is 14.9 Å². The maximum absolute atomic E-state index is 12.2. The quantitative estimate of drug-likeness (QED) is 0.792. The molecule has 0 bridgehead atoms. The van der Waals surface area contributed by atoms with Gasteiger partial charge in [-0.2, -0.15) is 0 Å². The summed E-state index contributed by atoms with van der Waals surface area (Å²) < 4.78 is 46.0. The number of amides is 1. The van der Waals surface area contributed by atoms with Crippen molar-refractivity contribution in [2.75, 3.05) is 14.1 Å². The van der Waals surface area contributed by atoms with Crippen LogP contribution in [0.3, 0.4) is 0 Å². The third kappa shape index (κ3) is 4.90. The second-order valence-electron chi connectivity index (χ2n) is 6.08. The van der Waals surface area contributed by atoms with Crippen LogP contribution in [0.5, 0.6) is 11.5 Å². The van der Waals surface area contributed by atoms with Gasteiger partial charge in [0, 0.05) is 14.1 Å². The maximum atomic E-state index is 12.2. The summed E-state index contributed by atoms with van der Waals surface area (Å²) in [5, 5.41) is 3.84. The highest BCUT2D eigenvalue weighted by atomic mass is 19.4. The first-order valence-corrected chi connectivity index (χ1v) is 8.15. The summed E-state index contributed by atoms with van der Waals surface area (Å²) in [6.45, 7) is 0. The van der Waals surface area contributed by atoms with Crippen molar-refractivity contribution in [2.45, 2.75) is 18.9 Å². The number of alkyl halides is 3. The molecule has 0 radical (unpaired) electrons. The van der Waals surface area contributed by atoms with Crippen molar-refractivity contribution in [1.29, 1.82) is 0 Å². The van der Waals surface area contributed by atoms with E-state index in [0.717, 1.165) is 0 Å². The molecule has 148 valence electrons. The molecule has 0 saturated heterocycles. The Morgan fingerprint density at radius 3 is 2.39 bits per heavy atom. The van der Waals surface area contributed by atoms with E-state index in [-0.39, 0.29) is 29.7 Å². The predicted octanol–water partition coefficient (Wildman–Crippen LogP) is 3.54. The summed E-state index contributed by atoms with van der Waals surface area (Å²) >= 11 is 0. The molecule has 1 aliphatic heterocycles. The van der Waals surface area contributed by atoms with Crippen molar-refractivity contribution >= 4 is 11.8 Å². The fraction of sp³-hybridized carbons (Fsp3) is 0.278. The number of benzene rings is 1. The molecule has 1 atom stereocenters. The molecule has 0 N–H and O–H groups in total. The molecule has 1 aliphatic rings. The van der Waals surface area contributed by atoms with E-state index in [1.165, 1.54) is 41.4 Å². The van der Waals surface area contributed by atoms with E-state index >= 15 is 0 Å². The number of rotatable bonds is 4. The van der Waals surface area contributed by atoms with Gasteiger partial charge in [-0.15, -0.1) is 13.2 Å². The number of nitrogens with zero attached hydrogens (tertiary/aromatic N) is 3. The van der Waals surface area contributed by atoms with Crippen LogP contribution in [0.15, 0.2) is 47.8 Å². The Bertz CT molecular complexity index is 865. The molecular formula is C18H16F3N3O4. The van der Waals surface area contributed by atoms with Gasteiger partial charge in [0.15, 0.2) is 6.10 Å². The molecule has 28 heavy (non-hydrogen) atoms. The van der Waals surface area contributed by atoms with Gasteiger partial charge in [0.2, 0.25) is 5.90 Å². The Morgan fingerprint density at radius 2 is 1.82 bits per heavy atom. The first-order valence-electron chi connectivity index (χ1n) is 8.15. The highest BCUT2D eigenvalue weighted by Crippen LogP contribution is 2.30. The minimum absolute atomic E-state index is 0.230. The molecule has 0 spiro atoms. The summed E-state index contributed by atoms with van der Waals surface area (Å²) in [6.07, 6.45) is -3.54. The maximum Gasteiger partial charge on any atom is 0.573 e. The van der Waals surface area contributed by atoms with E-state index in [1.54, 1.807) is 20.2 Å². The molecule has 0 saturated carbocycles. The summed E-state index contributed by atoms with van der Waals surface area (Å²) in [4.78, 5) is 22.5. The summed E-state index contributed by atoms with van der Waals surface area (Å²) in [7, 11) is 3.25. The van der Waals surface area contributed by atoms with Crippen LogP contribution in [-0.2, 0) is 4.84 Å². The van der Waals surface area contributed by atoms with Crippen LogP contribution in [0, 0.1) is 0 Å². The minimum Gasteiger partial charge on any atom is -0.438 e. The smallest absolute Gasteiger partial charge is 0.438 e. The lowest BCUT2D eigenvalue weighted by Gasteiger charge is -2.11. The monoisotopic (exact) mass is 395 g/mol. The Kier molecular flexibility index (Phi) is 5.39.